The van der Waals surface area contributed by atoms with Gasteiger partial charge in [-0.25, -0.2) is 0 Å². The Balaban J connectivity index is 1.70. The second-order valence-corrected chi connectivity index (χ2v) is 13.7. The van der Waals surface area contributed by atoms with Crippen molar-refractivity contribution in [2.75, 3.05) is 11.1 Å². The van der Waals surface area contributed by atoms with Gasteiger partial charge in [-0.3, -0.25) is 4.79 Å². The number of aromatic nitrogens is 3. The fourth-order valence-corrected chi connectivity index (χ4v) is 6.12. The van der Waals surface area contributed by atoms with E-state index in [0.29, 0.717) is 24.6 Å². The molecule has 0 saturated heterocycles. The van der Waals surface area contributed by atoms with E-state index >= 15 is 0 Å². The van der Waals surface area contributed by atoms with Crippen LogP contribution in [0.1, 0.15) is 111 Å². The number of carboxylic acid groups (broad SMARTS) is 1. The van der Waals surface area contributed by atoms with Crippen molar-refractivity contribution in [1.82, 2.24) is 15.0 Å². The van der Waals surface area contributed by atoms with Crippen molar-refractivity contribution >= 4 is 17.9 Å². The van der Waals surface area contributed by atoms with Gasteiger partial charge in [0.2, 0.25) is 11.9 Å². The van der Waals surface area contributed by atoms with Gasteiger partial charge in [-0.05, 0) is 62.8 Å². The number of nitrogens with one attached hydrogen (secondary N) is 1. The SMILES string of the molecule is C[C@@H](Nc1nc(N)nc(-c2ccc(C[C@H](N)C(C)(C)CC(C)(C)C(=O)O)cc2)n1)C1(C)CCCCCCCCC1. The number of anilines is 2. The van der Waals surface area contributed by atoms with Crippen molar-refractivity contribution in [3.8, 4) is 11.4 Å². The molecule has 0 spiro atoms. The summed E-state index contributed by atoms with van der Waals surface area (Å²) in [5.74, 6) is 0.450. The summed E-state index contributed by atoms with van der Waals surface area (Å²) in [6.07, 6.45) is 12.7. The van der Waals surface area contributed by atoms with E-state index in [4.69, 9.17) is 16.5 Å². The van der Waals surface area contributed by atoms with Gasteiger partial charge in [0.1, 0.15) is 0 Å². The highest BCUT2D eigenvalue weighted by atomic mass is 16.4. The first-order valence-corrected chi connectivity index (χ1v) is 15.1. The molecular formula is C32H52N6O2. The summed E-state index contributed by atoms with van der Waals surface area (Å²) in [6, 6.07) is 8.06. The molecule has 1 aromatic carbocycles. The molecule has 1 heterocycles. The topological polar surface area (TPSA) is 140 Å². The second kappa shape index (κ2) is 13.3. The smallest absolute Gasteiger partial charge is 0.309 e. The fraction of sp³-hybridized carbons (Fsp3) is 0.688. The van der Waals surface area contributed by atoms with Crippen LogP contribution in [0, 0.1) is 16.2 Å². The first-order valence-electron chi connectivity index (χ1n) is 15.1. The lowest BCUT2D eigenvalue weighted by Crippen LogP contribution is -2.43. The van der Waals surface area contributed by atoms with E-state index in [0.717, 1.165) is 11.1 Å². The van der Waals surface area contributed by atoms with Crippen LogP contribution in [-0.4, -0.2) is 38.1 Å². The Morgan fingerprint density at radius 1 is 0.975 bits per heavy atom. The molecule has 1 saturated carbocycles. The van der Waals surface area contributed by atoms with Gasteiger partial charge in [0.05, 0.1) is 5.41 Å². The molecule has 2 atom stereocenters. The van der Waals surface area contributed by atoms with Gasteiger partial charge in [0, 0.05) is 17.6 Å². The average Bonchev–Trinajstić information content (AvgIpc) is 2.87. The third kappa shape index (κ3) is 8.63. The number of rotatable bonds is 10. The summed E-state index contributed by atoms with van der Waals surface area (Å²) in [7, 11) is 0. The first-order chi connectivity index (χ1) is 18.7. The van der Waals surface area contributed by atoms with Crippen LogP contribution in [0.3, 0.4) is 0 Å². The van der Waals surface area contributed by atoms with Gasteiger partial charge in [-0.15, -0.1) is 0 Å². The quantitative estimate of drug-likeness (QED) is 0.251. The van der Waals surface area contributed by atoms with Crippen molar-refractivity contribution in [1.29, 1.82) is 0 Å². The van der Waals surface area contributed by atoms with Gasteiger partial charge in [-0.2, -0.15) is 15.0 Å². The minimum atomic E-state index is -0.835. The molecule has 0 aliphatic heterocycles. The van der Waals surface area contributed by atoms with Crippen molar-refractivity contribution < 1.29 is 9.90 Å². The molecule has 0 bridgehead atoms. The predicted molar refractivity (Wildman–Crippen MR) is 164 cm³/mol. The molecule has 0 amide bonds. The predicted octanol–water partition coefficient (Wildman–Crippen LogP) is 6.85. The van der Waals surface area contributed by atoms with Crippen LogP contribution >= 0.6 is 0 Å². The minimum absolute atomic E-state index is 0.173. The number of aliphatic carboxylic acids is 1. The number of nitrogens with two attached hydrogens (primary N) is 2. The molecule has 222 valence electrons. The number of hydrogen-bond donors (Lipinski definition) is 4. The summed E-state index contributed by atoms with van der Waals surface area (Å²) in [5.41, 5.74) is 13.6. The summed E-state index contributed by atoms with van der Waals surface area (Å²) >= 11 is 0. The standard InChI is InChI=1S/C32H52N6O2/c1-22(32(6)18-12-10-8-7-9-11-13-19-32)35-29-37-26(36-28(34)38-29)24-16-14-23(15-17-24)20-25(33)30(2,3)21-31(4,5)27(39)40/h14-17,22,25H,7-13,18-21,33H2,1-6H3,(H,39,40)(H3,34,35,36,37,38)/t22-,25+/m1/s1. The van der Waals surface area contributed by atoms with E-state index in [2.05, 4.69) is 29.1 Å². The highest BCUT2D eigenvalue weighted by Crippen LogP contribution is 2.38. The van der Waals surface area contributed by atoms with Crippen LogP contribution in [0.15, 0.2) is 24.3 Å². The molecule has 0 unspecified atom stereocenters. The molecule has 2 aromatic rings. The lowest BCUT2D eigenvalue weighted by atomic mass is 9.70. The van der Waals surface area contributed by atoms with Gasteiger partial charge in [0.25, 0.3) is 0 Å². The van der Waals surface area contributed by atoms with Crippen molar-refractivity contribution in [2.45, 2.75) is 124 Å². The Morgan fingerprint density at radius 2 is 1.52 bits per heavy atom. The summed E-state index contributed by atoms with van der Waals surface area (Å²) < 4.78 is 0. The van der Waals surface area contributed by atoms with Crippen molar-refractivity contribution in [3.63, 3.8) is 0 Å². The second-order valence-electron chi connectivity index (χ2n) is 13.7. The Kier molecular flexibility index (Phi) is 10.6. The van der Waals surface area contributed by atoms with Crippen molar-refractivity contribution in [3.05, 3.63) is 29.8 Å². The van der Waals surface area contributed by atoms with Crippen LogP contribution in [0.4, 0.5) is 11.9 Å². The lowest BCUT2D eigenvalue weighted by molar-refractivity contribution is -0.148. The third-order valence-electron chi connectivity index (χ3n) is 9.19. The van der Waals surface area contributed by atoms with E-state index < -0.39 is 11.4 Å². The van der Waals surface area contributed by atoms with E-state index in [9.17, 15) is 9.90 Å². The highest BCUT2D eigenvalue weighted by molar-refractivity contribution is 5.73. The molecule has 1 aliphatic rings. The monoisotopic (exact) mass is 552 g/mol. The largest absolute Gasteiger partial charge is 0.481 e. The number of benzene rings is 1. The Morgan fingerprint density at radius 3 is 2.08 bits per heavy atom. The Hall–Kier alpha value is -2.74. The maximum Gasteiger partial charge on any atom is 0.309 e. The molecule has 1 fully saturated rings. The minimum Gasteiger partial charge on any atom is -0.481 e. The van der Waals surface area contributed by atoms with Crippen molar-refractivity contribution in [2.24, 2.45) is 22.0 Å². The van der Waals surface area contributed by atoms with Gasteiger partial charge in [-0.1, -0.05) is 90.0 Å². The number of carboxylic acids is 1. The average molecular weight is 553 g/mol. The Labute approximate surface area is 241 Å². The van der Waals surface area contributed by atoms with Gasteiger partial charge >= 0.3 is 5.97 Å². The number of hydrogen-bond acceptors (Lipinski definition) is 7. The van der Waals surface area contributed by atoms with Crippen LogP contribution < -0.4 is 16.8 Å². The highest BCUT2D eigenvalue weighted by Gasteiger charge is 2.38. The van der Waals surface area contributed by atoms with Crippen LogP contribution in [0.25, 0.3) is 11.4 Å². The third-order valence-corrected chi connectivity index (χ3v) is 9.19. The molecule has 6 N–H and O–H groups in total. The summed E-state index contributed by atoms with van der Waals surface area (Å²) in [4.78, 5) is 25.2. The summed E-state index contributed by atoms with van der Waals surface area (Å²) in [6.45, 7) is 12.2. The number of nitrogens with zero attached hydrogens (tertiary/aromatic N) is 3. The molecule has 1 aromatic heterocycles. The molecular weight excluding hydrogens is 500 g/mol. The fourth-order valence-electron chi connectivity index (χ4n) is 6.12. The molecule has 1 aliphatic carbocycles. The molecule has 8 heteroatoms. The zero-order valence-corrected chi connectivity index (χ0v) is 25.6. The maximum atomic E-state index is 11.6. The number of carbonyl (C=O) groups is 1. The van der Waals surface area contributed by atoms with Crippen LogP contribution in [-0.2, 0) is 11.2 Å². The molecule has 8 nitrogen and oxygen atoms in total. The Bertz CT molecular complexity index is 1100. The van der Waals surface area contributed by atoms with E-state index in [1.165, 1.54) is 57.8 Å². The van der Waals surface area contributed by atoms with Gasteiger partial charge in [0.15, 0.2) is 5.82 Å². The molecule has 40 heavy (non-hydrogen) atoms. The number of nitrogen functional groups attached to an aromatic ring is 1. The molecule has 3 rings (SSSR count). The van der Waals surface area contributed by atoms with Gasteiger partial charge < -0.3 is 21.9 Å². The zero-order chi connectivity index (χ0) is 29.6. The van der Waals surface area contributed by atoms with E-state index in [1.807, 2.05) is 38.1 Å². The van der Waals surface area contributed by atoms with E-state index in [1.54, 1.807) is 13.8 Å². The normalized spacial score (nSPS) is 18.5. The first kappa shape index (κ1) is 31.8. The summed E-state index contributed by atoms with van der Waals surface area (Å²) in [5, 5.41) is 13.1. The van der Waals surface area contributed by atoms with Crippen LogP contribution in [0.5, 0.6) is 0 Å². The van der Waals surface area contributed by atoms with Crippen LogP contribution in [0.2, 0.25) is 0 Å². The lowest BCUT2D eigenvalue weighted by Gasteiger charge is -2.37. The maximum absolute atomic E-state index is 11.6. The van der Waals surface area contributed by atoms with E-state index in [-0.39, 0.29) is 28.9 Å². The zero-order valence-electron chi connectivity index (χ0n) is 25.6. The molecule has 0 radical (unpaired) electrons.